The quantitative estimate of drug-likeness (QED) is 0.587. The SMILES string of the molecule is Cc1c(N[C@@H](c2nnc(-c3ccc(C#N)cc3)o2)C(C)(C)O)ccc(C#N)c1C(F)(F)F. The molecule has 0 aliphatic heterocycles. The summed E-state index contributed by atoms with van der Waals surface area (Å²) < 4.78 is 46.3. The molecule has 2 aromatic carbocycles. The van der Waals surface area contributed by atoms with Gasteiger partial charge in [-0.05, 0) is 62.7 Å². The van der Waals surface area contributed by atoms with Crippen LogP contribution in [0.25, 0.3) is 11.5 Å². The van der Waals surface area contributed by atoms with Gasteiger partial charge in [0, 0.05) is 11.3 Å². The summed E-state index contributed by atoms with van der Waals surface area (Å²) in [5.41, 5.74) is -2.22. The molecule has 3 aromatic rings. The lowest BCUT2D eigenvalue weighted by molar-refractivity contribution is -0.138. The van der Waals surface area contributed by atoms with Gasteiger partial charge in [0.05, 0.1) is 34.4 Å². The van der Waals surface area contributed by atoms with Crippen molar-refractivity contribution in [2.24, 2.45) is 0 Å². The average Bonchev–Trinajstić information content (AvgIpc) is 3.20. The van der Waals surface area contributed by atoms with Gasteiger partial charge in [-0.15, -0.1) is 10.2 Å². The summed E-state index contributed by atoms with van der Waals surface area (Å²) in [7, 11) is 0. The van der Waals surface area contributed by atoms with E-state index < -0.39 is 28.9 Å². The molecule has 0 saturated heterocycles. The molecule has 1 heterocycles. The Kier molecular flexibility index (Phi) is 5.93. The van der Waals surface area contributed by atoms with Gasteiger partial charge in [0.25, 0.3) is 0 Å². The Hall–Kier alpha value is -3.89. The number of aliphatic hydroxyl groups is 1. The highest BCUT2D eigenvalue weighted by Gasteiger charge is 2.38. The third-order valence-electron chi connectivity index (χ3n) is 4.82. The van der Waals surface area contributed by atoms with Crippen molar-refractivity contribution in [2.45, 2.75) is 38.6 Å². The van der Waals surface area contributed by atoms with Gasteiger partial charge in [-0.25, -0.2) is 0 Å². The molecular formula is C22H18F3N5O2. The van der Waals surface area contributed by atoms with E-state index in [4.69, 9.17) is 14.9 Å². The molecule has 1 aromatic heterocycles. The fraction of sp³-hybridized carbons (Fsp3) is 0.273. The van der Waals surface area contributed by atoms with Crippen molar-refractivity contribution in [2.75, 3.05) is 5.32 Å². The average molecular weight is 441 g/mol. The minimum absolute atomic E-state index is 0.0471. The summed E-state index contributed by atoms with van der Waals surface area (Å²) >= 11 is 0. The van der Waals surface area contributed by atoms with Gasteiger partial charge < -0.3 is 14.8 Å². The molecule has 32 heavy (non-hydrogen) atoms. The lowest BCUT2D eigenvalue weighted by Crippen LogP contribution is -2.35. The standard InChI is InChI=1S/C22H18F3N5O2/c1-12-16(9-8-15(11-27)17(12)22(23,24)25)28-18(21(2,3)31)20-30-29-19(32-20)14-6-4-13(10-26)5-7-14/h4-9,18,28,31H,1-3H3/t18-/m0/s1. The highest BCUT2D eigenvalue weighted by Crippen LogP contribution is 2.39. The zero-order valence-corrected chi connectivity index (χ0v) is 17.3. The number of alkyl halides is 3. The number of nitrogens with one attached hydrogen (secondary N) is 1. The highest BCUT2D eigenvalue weighted by atomic mass is 19.4. The fourth-order valence-electron chi connectivity index (χ4n) is 3.18. The first kappa shape index (κ1) is 22.8. The first-order valence-corrected chi connectivity index (χ1v) is 9.39. The van der Waals surface area contributed by atoms with E-state index in [-0.39, 0.29) is 23.0 Å². The lowest BCUT2D eigenvalue weighted by atomic mass is 9.96. The monoisotopic (exact) mass is 441 g/mol. The van der Waals surface area contributed by atoms with Crippen LogP contribution in [-0.4, -0.2) is 20.9 Å². The van der Waals surface area contributed by atoms with Crippen LogP contribution in [0.15, 0.2) is 40.8 Å². The molecule has 1 atom stereocenters. The van der Waals surface area contributed by atoms with Crippen molar-refractivity contribution in [1.29, 1.82) is 10.5 Å². The van der Waals surface area contributed by atoms with E-state index in [1.807, 2.05) is 6.07 Å². The van der Waals surface area contributed by atoms with Crippen LogP contribution < -0.4 is 5.32 Å². The normalized spacial score (nSPS) is 12.7. The van der Waals surface area contributed by atoms with E-state index in [1.54, 1.807) is 30.3 Å². The maximum atomic E-state index is 13.5. The van der Waals surface area contributed by atoms with Crippen LogP contribution in [0.2, 0.25) is 0 Å². The number of anilines is 1. The van der Waals surface area contributed by atoms with Crippen molar-refractivity contribution >= 4 is 5.69 Å². The van der Waals surface area contributed by atoms with Crippen molar-refractivity contribution in [3.63, 3.8) is 0 Å². The first-order chi connectivity index (χ1) is 15.0. The van der Waals surface area contributed by atoms with Crippen molar-refractivity contribution in [3.8, 4) is 23.6 Å². The molecule has 0 bridgehead atoms. The Bertz CT molecular complexity index is 1210. The van der Waals surface area contributed by atoms with Crippen molar-refractivity contribution < 1.29 is 22.7 Å². The number of hydrogen-bond donors (Lipinski definition) is 2. The number of nitriles is 2. The van der Waals surface area contributed by atoms with E-state index >= 15 is 0 Å². The van der Waals surface area contributed by atoms with Gasteiger partial charge in [0.15, 0.2) is 0 Å². The number of nitrogens with zero attached hydrogens (tertiary/aromatic N) is 4. The first-order valence-electron chi connectivity index (χ1n) is 9.39. The minimum Gasteiger partial charge on any atom is -0.418 e. The van der Waals surface area contributed by atoms with Crippen molar-refractivity contribution in [1.82, 2.24) is 10.2 Å². The topological polar surface area (TPSA) is 119 Å². The molecule has 0 spiro atoms. The molecule has 2 N–H and O–H groups in total. The number of aromatic nitrogens is 2. The van der Waals surface area contributed by atoms with Crippen LogP contribution in [0.4, 0.5) is 18.9 Å². The molecule has 0 amide bonds. The Balaban J connectivity index is 2.01. The number of benzene rings is 2. The number of rotatable bonds is 5. The molecule has 7 nitrogen and oxygen atoms in total. The predicted octanol–water partition coefficient (Wildman–Crippen LogP) is 4.73. The van der Waals surface area contributed by atoms with E-state index in [0.717, 1.165) is 6.07 Å². The molecule has 0 radical (unpaired) electrons. The molecule has 3 rings (SSSR count). The highest BCUT2D eigenvalue weighted by molar-refractivity contribution is 5.61. The molecule has 0 unspecified atom stereocenters. The van der Waals surface area contributed by atoms with Crippen molar-refractivity contribution in [3.05, 3.63) is 64.5 Å². The van der Waals surface area contributed by atoms with Crippen LogP contribution in [0.1, 0.15) is 48.0 Å². The van der Waals surface area contributed by atoms with Gasteiger partial charge in [0.1, 0.15) is 6.04 Å². The van der Waals surface area contributed by atoms with Gasteiger partial charge in [-0.2, -0.15) is 23.7 Å². The van der Waals surface area contributed by atoms with Crippen LogP contribution >= 0.6 is 0 Å². The Morgan fingerprint density at radius 3 is 2.22 bits per heavy atom. The van der Waals surface area contributed by atoms with E-state index in [2.05, 4.69) is 15.5 Å². The number of halogens is 3. The zero-order chi connectivity index (χ0) is 23.7. The van der Waals surface area contributed by atoms with Gasteiger partial charge in [-0.1, -0.05) is 0 Å². The van der Waals surface area contributed by atoms with Gasteiger partial charge in [0.2, 0.25) is 11.8 Å². The largest absolute Gasteiger partial charge is 0.418 e. The van der Waals surface area contributed by atoms with Crippen LogP contribution in [-0.2, 0) is 6.18 Å². The third kappa shape index (κ3) is 4.56. The molecular weight excluding hydrogens is 423 g/mol. The second-order valence-electron chi connectivity index (χ2n) is 7.64. The van der Waals surface area contributed by atoms with Gasteiger partial charge >= 0.3 is 6.18 Å². The summed E-state index contributed by atoms with van der Waals surface area (Å²) in [5, 5.41) is 39.4. The van der Waals surface area contributed by atoms with Crippen LogP contribution in [0.3, 0.4) is 0 Å². The fourth-order valence-corrected chi connectivity index (χ4v) is 3.18. The second kappa shape index (κ2) is 8.33. The zero-order valence-electron chi connectivity index (χ0n) is 17.3. The van der Waals surface area contributed by atoms with Gasteiger partial charge in [-0.3, -0.25) is 0 Å². The Morgan fingerprint density at radius 1 is 1.03 bits per heavy atom. The molecule has 0 saturated carbocycles. The van der Waals surface area contributed by atoms with Crippen LogP contribution in [0.5, 0.6) is 0 Å². The molecule has 0 fully saturated rings. The number of hydrogen-bond acceptors (Lipinski definition) is 7. The smallest absolute Gasteiger partial charge is 0.418 e. The van der Waals surface area contributed by atoms with Crippen LogP contribution in [0, 0.1) is 29.6 Å². The second-order valence-corrected chi connectivity index (χ2v) is 7.64. The predicted molar refractivity (Wildman–Crippen MR) is 108 cm³/mol. The summed E-state index contributed by atoms with van der Waals surface area (Å²) in [5.74, 6) is 0.0715. The van der Waals surface area contributed by atoms with E-state index in [1.165, 1.54) is 26.8 Å². The van der Waals surface area contributed by atoms with E-state index in [0.29, 0.717) is 11.1 Å². The molecule has 164 valence electrons. The Morgan fingerprint density at radius 2 is 1.69 bits per heavy atom. The van der Waals surface area contributed by atoms with E-state index in [9.17, 15) is 18.3 Å². The summed E-state index contributed by atoms with van der Waals surface area (Å²) in [4.78, 5) is 0. The Labute approximate surface area is 181 Å². The summed E-state index contributed by atoms with van der Waals surface area (Å²) in [6, 6.07) is 11.3. The molecule has 0 aliphatic rings. The maximum Gasteiger partial charge on any atom is 0.418 e. The summed E-state index contributed by atoms with van der Waals surface area (Å²) in [6.45, 7) is 4.13. The lowest BCUT2D eigenvalue weighted by Gasteiger charge is -2.29. The molecule has 0 aliphatic carbocycles. The third-order valence-corrected chi connectivity index (χ3v) is 4.82. The minimum atomic E-state index is -4.73. The molecule has 10 heteroatoms. The summed E-state index contributed by atoms with van der Waals surface area (Å²) in [6.07, 6.45) is -4.73. The maximum absolute atomic E-state index is 13.5.